The van der Waals surface area contributed by atoms with Crippen molar-refractivity contribution in [2.45, 2.75) is 25.8 Å². The highest BCUT2D eigenvalue weighted by atomic mass is 16.5. The molecule has 1 atom stereocenters. The number of fused-ring (bicyclic) bond motifs is 1. The summed E-state index contributed by atoms with van der Waals surface area (Å²) < 4.78 is 7.10. The topological polar surface area (TPSA) is 88.6 Å². The number of urea groups is 1. The van der Waals surface area contributed by atoms with Gasteiger partial charge in [-0.2, -0.15) is 0 Å². The highest BCUT2D eigenvalue weighted by Gasteiger charge is 2.33. The van der Waals surface area contributed by atoms with Crippen LogP contribution in [-0.2, 0) is 0 Å². The summed E-state index contributed by atoms with van der Waals surface area (Å²) in [4.78, 5) is 14.4. The molecule has 1 unspecified atom stereocenters. The second-order valence-electron chi connectivity index (χ2n) is 5.64. The molecule has 1 aliphatic rings. The average Bonchev–Trinajstić information content (AvgIpc) is 3.26. The number of nitrogens with one attached hydrogen (secondary N) is 1. The third-order valence-electron chi connectivity index (χ3n) is 4.05. The maximum Gasteiger partial charge on any atom is 0.322 e. The number of likely N-dealkylation sites (tertiary alicyclic amines) is 1. The first kappa shape index (κ1) is 13.7. The lowest BCUT2D eigenvalue weighted by Crippen LogP contribution is -2.34. The Morgan fingerprint density at radius 2 is 2.39 bits per heavy atom. The predicted molar refractivity (Wildman–Crippen MR) is 81.9 cm³/mol. The van der Waals surface area contributed by atoms with Gasteiger partial charge in [0.15, 0.2) is 11.4 Å². The van der Waals surface area contributed by atoms with E-state index < -0.39 is 0 Å². The predicted octanol–water partition coefficient (Wildman–Crippen LogP) is 2.39. The van der Waals surface area contributed by atoms with E-state index >= 15 is 0 Å². The highest BCUT2D eigenvalue weighted by molar-refractivity contribution is 5.93. The lowest BCUT2D eigenvalue weighted by atomic mass is 10.1. The Labute approximate surface area is 132 Å². The van der Waals surface area contributed by atoms with Crippen molar-refractivity contribution in [3.63, 3.8) is 0 Å². The third-order valence-corrected chi connectivity index (χ3v) is 4.05. The van der Waals surface area contributed by atoms with Gasteiger partial charge in [-0.25, -0.2) is 4.79 Å². The van der Waals surface area contributed by atoms with Gasteiger partial charge in [0.2, 0.25) is 0 Å². The molecule has 4 rings (SSSR count). The molecule has 0 bridgehead atoms. The number of aromatic nitrogens is 4. The Morgan fingerprint density at radius 1 is 1.48 bits per heavy atom. The van der Waals surface area contributed by atoms with E-state index in [4.69, 9.17) is 4.52 Å². The Morgan fingerprint density at radius 3 is 3.22 bits per heavy atom. The zero-order valence-corrected chi connectivity index (χ0v) is 12.6. The number of anilines is 1. The van der Waals surface area contributed by atoms with E-state index in [0.717, 1.165) is 24.3 Å². The number of carbonyl (C=O) groups excluding carboxylic acids is 1. The quantitative estimate of drug-likeness (QED) is 0.785. The monoisotopic (exact) mass is 312 g/mol. The minimum Gasteiger partial charge on any atom is -0.359 e. The molecule has 1 fully saturated rings. The number of pyridine rings is 1. The number of amides is 2. The van der Waals surface area contributed by atoms with Crippen molar-refractivity contribution in [2.75, 3.05) is 11.9 Å². The second-order valence-corrected chi connectivity index (χ2v) is 5.64. The normalized spacial score (nSPS) is 17.8. The first-order valence-corrected chi connectivity index (χ1v) is 7.51. The van der Waals surface area contributed by atoms with Crippen LogP contribution in [0.5, 0.6) is 0 Å². The van der Waals surface area contributed by atoms with Gasteiger partial charge in [0, 0.05) is 18.8 Å². The summed E-state index contributed by atoms with van der Waals surface area (Å²) in [7, 11) is 0. The second kappa shape index (κ2) is 5.38. The van der Waals surface area contributed by atoms with Gasteiger partial charge in [0.1, 0.15) is 6.33 Å². The van der Waals surface area contributed by atoms with Crippen molar-refractivity contribution >= 4 is 17.4 Å². The van der Waals surface area contributed by atoms with Crippen LogP contribution >= 0.6 is 0 Å². The minimum absolute atomic E-state index is 0.0752. The molecule has 0 radical (unpaired) electrons. The molecule has 2 amide bonds. The Bertz CT molecular complexity index is 854. The van der Waals surface area contributed by atoms with Gasteiger partial charge in [-0.1, -0.05) is 5.16 Å². The molecule has 23 heavy (non-hydrogen) atoms. The van der Waals surface area contributed by atoms with Gasteiger partial charge in [0.25, 0.3) is 0 Å². The van der Waals surface area contributed by atoms with Crippen LogP contribution in [0.15, 0.2) is 35.2 Å². The summed E-state index contributed by atoms with van der Waals surface area (Å²) in [6, 6.07) is 5.29. The first-order valence-electron chi connectivity index (χ1n) is 7.51. The number of rotatable bonds is 2. The van der Waals surface area contributed by atoms with Gasteiger partial charge in [0.05, 0.1) is 17.4 Å². The summed E-state index contributed by atoms with van der Waals surface area (Å²) in [5, 5.41) is 14.7. The largest absolute Gasteiger partial charge is 0.359 e. The third kappa shape index (κ3) is 2.41. The summed E-state index contributed by atoms with van der Waals surface area (Å²) in [5.41, 5.74) is 2.07. The number of aryl methyl sites for hydroxylation is 1. The first-order chi connectivity index (χ1) is 11.2. The van der Waals surface area contributed by atoms with Gasteiger partial charge in [-0.3, -0.25) is 4.40 Å². The fraction of sp³-hybridized carbons (Fsp3) is 0.333. The van der Waals surface area contributed by atoms with Crippen molar-refractivity contribution < 1.29 is 9.32 Å². The van der Waals surface area contributed by atoms with E-state index in [1.54, 1.807) is 15.6 Å². The molecule has 0 saturated carbocycles. The molecule has 3 aromatic rings. The number of hydrogen-bond acceptors (Lipinski definition) is 5. The Hall–Kier alpha value is -2.90. The van der Waals surface area contributed by atoms with Gasteiger partial charge < -0.3 is 14.7 Å². The lowest BCUT2D eigenvalue weighted by molar-refractivity contribution is 0.195. The average molecular weight is 312 g/mol. The molecule has 1 saturated heterocycles. The molecule has 118 valence electrons. The lowest BCUT2D eigenvalue weighted by Gasteiger charge is -2.23. The van der Waals surface area contributed by atoms with Gasteiger partial charge >= 0.3 is 6.03 Å². The van der Waals surface area contributed by atoms with Crippen LogP contribution in [-0.4, -0.2) is 37.2 Å². The van der Waals surface area contributed by atoms with Crippen LogP contribution in [0.2, 0.25) is 0 Å². The molecular formula is C15H16N6O2. The standard InChI is InChI=1S/C15H16N6O2/c1-10-8-13(23-19-10)12-5-3-7-21(12)15(22)17-11-4-2-6-20-9-16-18-14(11)20/h2,4,6,8-9,12H,3,5,7H2,1H3,(H,17,22). The molecule has 8 nitrogen and oxygen atoms in total. The van der Waals surface area contributed by atoms with Crippen LogP contribution < -0.4 is 5.32 Å². The van der Waals surface area contributed by atoms with Crippen LogP contribution in [0.3, 0.4) is 0 Å². The minimum atomic E-state index is -0.169. The molecule has 1 N–H and O–H groups in total. The molecular weight excluding hydrogens is 296 g/mol. The van der Waals surface area contributed by atoms with Crippen molar-refractivity contribution in [2.24, 2.45) is 0 Å². The van der Waals surface area contributed by atoms with E-state index in [1.807, 2.05) is 31.3 Å². The molecule has 3 aromatic heterocycles. The zero-order valence-electron chi connectivity index (χ0n) is 12.6. The fourth-order valence-electron chi connectivity index (χ4n) is 2.98. The van der Waals surface area contributed by atoms with E-state index in [2.05, 4.69) is 20.7 Å². The summed E-state index contributed by atoms with van der Waals surface area (Å²) in [6.45, 7) is 2.56. The van der Waals surface area contributed by atoms with Crippen LogP contribution in [0.4, 0.5) is 10.5 Å². The molecule has 0 aliphatic carbocycles. The maximum atomic E-state index is 12.7. The summed E-state index contributed by atoms with van der Waals surface area (Å²) >= 11 is 0. The van der Waals surface area contributed by atoms with E-state index in [0.29, 0.717) is 17.9 Å². The smallest absolute Gasteiger partial charge is 0.322 e. The van der Waals surface area contributed by atoms with E-state index in [-0.39, 0.29) is 12.1 Å². The maximum absolute atomic E-state index is 12.7. The van der Waals surface area contributed by atoms with E-state index in [9.17, 15) is 4.79 Å². The van der Waals surface area contributed by atoms with Crippen molar-refractivity contribution in [3.05, 3.63) is 42.2 Å². The Balaban J connectivity index is 1.57. The van der Waals surface area contributed by atoms with Gasteiger partial charge in [-0.05, 0) is 31.9 Å². The SMILES string of the molecule is Cc1cc(C2CCCN2C(=O)Nc2cccn3cnnc23)on1. The molecule has 0 aromatic carbocycles. The van der Waals surface area contributed by atoms with Gasteiger partial charge in [-0.15, -0.1) is 10.2 Å². The van der Waals surface area contributed by atoms with Crippen LogP contribution in [0, 0.1) is 6.92 Å². The molecule has 0 spiro atoms. The van der Waals surface area contributed by atoms with Crippen molar-refractivity contribution in [3.8, 4) is 0 Å². The molecule has 8 heteroatoms. The molecule has 1 aliphatic heterocycles. The molecule has 4 heterocycles. The van der Waals surface area contributed by atoms with Crippen molar-refractivity contribution in [1.82, 2.24) is 24.7 Å². The Kier molecular flexibility index (Phi) is 3.22. The number of hydrogen-bond donors (Lipinski definition) is 1. The summed E-state index contributed by atoms with van der Waals surface area (Å²) in [5.74, 6) is 0.732. The summed E-state index contributed by atoms with van der Waals surface area (Å²) in [6.07, 6.45) is 5.24. The zero-order chi connectivity index (χ0) is 15.8. The van der Waals surface area contributed by atoms with Crippen LogP contribution in [0.1, 0.15) is 30.3 Å². The fourth-order valence-corrected chi connectivity index (χ4v) is 2.98. The number of nitrogens with zero attached hydrogens (tertiary/aromatic N) is 5. The highest BCUT2D eigenvalue weighted by Crippen LogP contribution is 2.32. The van der Waals surface area contributed by atoms with E-state index in [1.165, 1.54) is 0 Å². The number of carbonyl (C=O) groups is 1. The van der Waals surface area contributed by atoms with Crippen molar-refractivity contribution in [1.29, 1.82) is 0 Å². The van der Waals surface area contributed by atoms with Crippen LogP contribution in [0.25, 0.3) is 5.65 Å².